The van der Waals surface area contributed by atoms with Crippen LogP contribution in [-0.4, -0.2) is 36.8 Å². The zero-order chi connectivity index (χ0) is 22.7. The van der Waals surface area contributed by atoms with Gasteiger partial charge in [-0.2, -0.15) is 0 Å². The van der Waals surface area contributed by atoms with Gasteiger partial charge in [-0.1, -0.05) is 24.3 Å². The molecule has 3 heterocycles. The fourth-order valence-electron chi connectivity index (χ4n) is 5.08. The third-order valence-corrected chi connectivity index (χ3v) is 9.55. The summed E-state index contributed by atoms with van der Waals surface area (Å²) in [5.41, 5.74) is 4.44. The molecular weight excluding hydrogens is 533 g/mol. The summed E-state index contributed by atoms with van der Waals surface area (Å²) in [5.74, 6) is 0.913. The molecule has 32 heavy (non-hydrogen) atoms. The first-order chi connectivity index (χ1) is 15.2. The largest absolute Gasteiger partial charge is 0.598 e. The van der Waals surface area contributed by atoms with E-state index in [0.29, 0.717) is 0 Å². The van der Waals surface area contributed by atoms with Crippen LogP contribution < -0.4 is 9.62 Å². The van der Waals surface area contributed by atoms with Crippen molar-refractivity contribution < 1.29 is 4.55 Å². The van der Waals surface area contributed by atoms with Crippen molar-refractivity contribution in [3.8, 4) is 0 Å². The van der Waals surface area contributed by atoms with Gasteiger partial charge in [0.15, 0.2) is 5.65 Å². The van der Waals surface area contributed by atoms with Crippen LogP contribution in [-0.2, 0) is 17.8 Å². The highest BCUT2D eigenvalue weighted by Crippen LogP contribution is 2.52. The minimum Gasteiger partial charge on any atom is -0.598 e. The van der Waals surface area contributed by atoms with Gasteiger partial charge in [-0.3, -0.25) is 4.40 Å². The van der Waals surface area contributed by atoms with Crippen molar-refractivity contribution in [2.75, 3.05) is 18.0 Å². The maximum atomic E-state index is 13.1. The zero-order valence-electron chi connectivity index (χ0n) is 18.8. The van der Waals surface area contributed by atoms with Crippen LogP contribution in [0.1, 0.15) is 56.5 Å². The van der Waals surface area contributed by atoms with Crippen LogP contribution in [0.15, 0.2) is 36.7 Å². The number of hydrogen-bond acceptors (Lipinski definition) is 5. The third-order valence-electron chi connectivity index (χ3n) is 6.88. The molecule has 1 aliphatic heterocycles. The van der Waals surface area contributed by atoms with Gasteiger partial charge in [0.25, 0.3) is 0 Å². The van der Waals surface area contributed by atoms with Crippen molar-refractivity contribution in [1.29, 1.82) is 0 Å². The summed E-state index contributed by atoms with van der Waals surface area (Å²) >= 11 is 1.15. The smallest absolute Gasteiger partial charge is 0.211 e. The van der Waals surface area contributed by atoms with Crippen molar-refractivity contribution in [3.63, 3.8) is 0 Å². The Hall–Kier alpha value is -1.36. The number of aromatic nitrogens is 3. The molecule has 5 rings (SSSR count). The maximum absolute atomic E-state index is 13.1. The molecule has 0 saturated carbocycles. The van der Waals surface area contributed by atoms with E-state index in [1.165, 1.54) is 11.1 Å². The summed E-state index contributed by atoms with van der Waals surface area (Å²) < 4.78 is 19.4. The van der Waals surface area contributed by atoms with Crippen LogP contribution >= 0.6 is 22.6 Å². The number of fused-ring (bicyclic) bond motifs is 2. The lowest BCUT2D eigenvalue weighted by molar-refractivity contribution is 0.175. The maximum Gasteiger partial charge on any atom is 0.211 e. The van der Waals surface area contributed by atoms with Gasteiger partial charge in [0, 0.05) is 42.3 Å². The Morgan fingerprint density at radius 1 is 1.25 bits per heavy atom. The standard InChI is InChI=1S/C24H29IN5OS/c1-16-19(25)21-26-11-14-30(21)22(27-16)29-12-9-24(10-13-29)15-17-7-5-6-8-18(17)20(24)28-32(31)23(2,3)4/h5-8,11,14,20,28H,1,9-10,12-13,15H2,2-4H3/t20-,32?/m1/s1. The monoisotopic (exact) mass is 562 g/mol. The van der Waals surface area contributed by atoms with Crippen LogP contribution in [0.5, 0.6) is 0 Å². The molecule has 6 nitrogen and oxygen atoms in total. The molecule has 1 radical (unpaired) electrons. The Bertz CT molecular complexity index is 1150. The minimum absolute atomic E-state index is 0.0612. The van der Waals surface area contributed by atoms with Crippen LogP contribution in [0.2, 0.25) is 0 Å². The molecule has 3 aromatic rings. The first-order valence-electron chi connectivity index (χ1n) is 11.0. The minimum atomic E-state index is -1.12. The molecule has 1 spiro atoms. The summed E-state index contributed by atoms with van der Waals surface area (Å²) in [6.07, 6.45) is 6.85. The number of piperidine rings is 1. The number of benzene rings is 1. The van der Waals surface area contributed by atoms with E-state index in [1.54, 1.807) is 0 Å². The average Bonchev–Trinajstić information content (AvgIpc) is 3.35. The molecule has 169 valence electrons. The molecule has 1 aromatic carbocycles. The molecule has 1 unspecified atom stereocenters. The van der Waals surface area contributed by atoms with Gasteiger partial charge in [0.1, 0.15) is 4.75 Å². The van der Waals surface area contributed by atoms with Gasteiger partial charge in [-0.05, 0) is 80.7 Å². The molecule has 2 aliphatic rings. The lowest BCUT2D eigenvalue weighted by Gasteiger charge is -2.44. The predicted octanol–water partition coefficient (Wildman–Crippen LogP) is 4.45. The SMILES string of the molecule is [CH2]c1nc(N2CCC3(CC2)Cc2ccccc2[C@H]3N[S+]([O-])C(C)(C)C)n2ccnc2c1I. The van der Waals surface area contributed by atoms with Gasteiger partial charge >= 0.3 is 0 Å². The van der Waals surface area contributed by atoms with E-state index in [0.717, 1.165) is 53.2 Å². The Morgan fingerprint density at radius 2 is 1.97 bits per heavy atom. The molecule has 1 N–H and O–H groups in total. The highest BCUT2D eigenvalue weighted by Gasteiger charge is 2.50. The Kier molecular flexibility index (Phi) is 5.71. The Morgan fingerprint density at radius 3 is 2.69 bits per heavy atom. The molecule has 2 aromatic heterocycles. The summed E-state index contributed by atoms with van der Waals surface area (Å²) in [6, 6.07) is 8.76. The highest BCUT2D eigenvalue weighted by atomic mass is 127. The quantitative estimate of drug-likeness (QED) is 0.378. The summed E-state index contributed by atoms with van der Waals surface area (Å²) in [4.78, 5) is 11.7. The third kappa shape index (κ3) is 3.73. The molecule has 2 atom stereocenters. The molecule has 0 amide bonds. The van der Waals surface area contributed by atoms with Crippen LogP contribution in [0, 0.1) is 15.9 Å². The molecule has 1 aliphatic carbocycles. The van der Waals surface area contributed by atoms with E-state index in [-0.39, 0.29) is 16.2 Å². The number of nitrogens with zero attached hydrogens (tertiary/aromatic N) is 4. The van der Waals surface area contributed by atoms with E-state index in [9.17, 15) is 4.55 Å². The summed E-state index contributed by atoms with van der Waals surface area (Å²) in [7, 11) is 0. The Labute approximate surface area is 206 Å². The second kappa shape index (κ2) is 8.14. The van der Waals surface area contributed by atoms with Crippen molar-refractivity contribution in [1.82, 2.24) is 19.1 Å². The van der Waals surface area contributed by atoms with Gasteiger partial charge < -0.3 is 9.45 Å². The Balaban J connectivity index is 1.44. The number of anilines is 1. The molecule has 8 heteroatoms. The number of halogens is 1. The van der Waals surface area contributed by atoms with Crippen LogP contribution in [0.4, 0.5) is 5.95 Å². The predicted molar refractivity (Wildman–Crippen MR) is 138 cm³/mol. The van der Waals surface area contributed by atoms with E-state index in [1.807, 2.05) is 33.2 Å². The molecule has 0 bridgehead atoms. The van der Waals surface area contributed by atoms with Crippen LogP contribution in [0.3, 0.4) is 0 Å². The van der Waals surface area contributed by atoms with E-state index < -0.39 is 11.4 Å². The fourth-order valence-corrected chi connectivity index (χ4v) is 6.55. The highest BCUT2D eigenvalue weighted by molar-refractivity contribution is 14.1. The summed E-state index contributed by atoms with van der Waals surface area (Å²) in [6.45, 7) is 12.0. The van der Waals surface area contributed by atoms with Gasteiger partial charge in [-0.25, -0.2) is 9.97 Å². The van der Waals surface area contributed by atoms with Gasteiger partial charge in [0.05, 0.1) is 15.3 Å². The van der Waals surface area contributed by atoms with E-state index in [4.69, 9.17) is 4.98 Å². The lowest BCUT2D eigenvalue weighted by atomic mass is 9.73. The van der Waals surface area contributed by atoms with Crippen molar-refractivity contribution in [3.05, 3.63) is 64.0 Å². The van der Waals surface area contributed by atoms with E-state index in [2.05, 4.69) is 72.8 Å². The number of hydrogen-bond donors (Lipinski definition) is 1. The number of rotatable bonds is 3. The van der Waals surface area contributed by atoms with Crippen LogP contribution in [0.25, 0.3) is 5.65 Å². The fraction of sp³-hybridized carbons (Fsp3) is 0.458. The van der Waals surface area contributed by atoms with Crippen molar-refractivity contribution in [2.24, 2.45) is 5.41 Å². The number of nitrogens with one attached hydrogen (secondary N) is 1. The molecule has 1 saturated heterocycles. The van der Waals surface area contributed by atoms with E-state index >= 15 is 0 Å². The van der Waals surface area contributed by atoms with Crippen molar-refractivity contribution >= 4 is 45.5 Å². The topological polar surface area (TPSA) is 68.5 Å². The lowest BCUT2D eigenvalue weighted by Crippen LogP contribution is -2.50. The second-order valence-corrected chi connectivity index (χ2v) is 13.0. The second-order valence-electron chi connectivity index (χ2n) is 9.95. The van der Waals surface area contributed by atoms with Gasteiger partial charge in [0.2, 0.25) is 5.95 Å². The number of imidazole rings is 1. The normalized spacial score (nSPS) is 21.3. The van der Waals surface area contributed by atoms with Gasteiger partial charge in [-0.15, -0.1) is 4.72 Å². The average molecular weight is 563 g/mol. The molecular formula is C24H29IN5OS. The first kappa shape index (κ1) is 22.4. The summed E-state index contributed by atoms with van der Waals surface area (Å²) in [5, 5.41) is 0. The first-order valence-corrected chi connectivity index (χ1v) is 13.3. The zero-order valence-corrected chi connectivity index (χ0v) is 21.7. The molecule has 1 fully saturated rings. The van der Waals surface area contributed by atoms with Crippen molar-refractivity contribution in [2.45, 2.75) is 50.8 Å².